The van der Waals surface area contributed by atoms with Crippen LogP contribution in [-0.2, 0) is 0 Å². The largest absolute Gasteiger partial charge is 0.323 e. The van der Waals surface area contributed by atoms with Crippen molar-refractivity contribution < 1.29 is 0 Å². The fraction of sp³-hybridized carbons (Fsp3) is 0.200. The number of hydrazone groups is 1. The minimum atomic E-state index is 0.974. The number of rotatable bonds is 2. The summed E-state index contributed by atoms with van der Waals surface area (Å²) in [6.07, 6.45) is 3.46. The molecule has 0 saturated carbocycles. The predicted octanol–water partition coefficient (Wildman–Crippen LogP) is 1.84. The van der Waals surface area contributed by atoms with E-state index in [-0.39, 0.29) is 0 Å². The molecule has 2 rings (SSSR count). The van der Waals surface area contributed by atoms with Crippen LogP contribution in [0.3, 0.4) is 0 Å². The quantitative estimate of drug-likeness (QED) is 0.477. The molecule has 0 amide bonds. The Hall–Kier alpha value is -1.62. The van der Waals surface area contributed by atoms with E-state index >= 15 is 0 Å². The molecule has 0 radical (unpaired) electrons. The molecule has 5 heteroatoms. The second-order valence-corrected chi connectivity index (χ2v) is 4.13. The summed E-state index contributed by atoms with van der Waals surface area (Å²) in [6, 6.07) is 2.05. The van der Waals surface area contributed by atoms with Crippen molar-refractivity contribution in [2.24, 2.45) is 10.9 Å². The molecule has 0 saturated heterocycles. The van der Waals surface area contributed by atoms with Crippen molar-refractivity contribution >= 4 is 17.6 Å². The van der Waals surface area contributed by atoms with E-state index in [1.54, 1.807) is 23.7 Å². The highest BCUT2D eigenvalue weighted by atomic mass is 32.1. The SMILES string of the molecule is Cc1cc(/C=N\N)c(C)n1-c1nccs1. The third kappa shape index (κ3) is 1.66. The lowest BCUT2D eigenvalue weighted by atomic mass is 10.3. The highest BCUT2D eigenvalue weighted by Gasteiger charge is 2.10. The van der Waals surface area contributed by atoms with E-state index in [1.807, 2.05) is 25.3 Å². The number of thiazole rings is 1. The van der Waals surface area contributed by atoms with Crippen LogP contribution in [0.2, 0.25) is 0 Å². The van der Waals surface area contributed by atoms with Crippen LogP contribution in [0, 0.1) is 13.8 Å². The van der Waals surface area contributed by atoms with E-state index in [4.69, 9.17) is 5.84 Å². The average molecular weight is 220 g/mol. The van der Waals surface area contributed by atoms with Gasteiger partial charge in [0.2, 0.25) is 0 Å². The first-order valence-corrected chi connectivity index (χ1v) is 5.44. The number of nitrogens with two attached hydrogens (primary N) is 1. The Morgan fingerprint density at radius 2 is 2.33 bits per heavy atom. The fourth-order valence-electron chi connectivity index (χ4n) is 1.62. The summed E-state index contributed by atoms with van der Waals surface area (Å²) in [4.78, 5) is 4.29. The van der Waals surface area contributed by atoms with Crippen LogP contribution < -0.4 is 5.84 Å². The Balaban J connectivity index is 2.58. The van der Waals surface area contributed by atoms with Crippen molar-refractivity contribution in [1.29, 1.82) is 0 Å². The average Bonchev–Trinajstić information content (AvgIpc) is 2.77. The smallest absolute Gasteiger partial charge is 0.193 e. The molecule has 0 aliphatic carbocycles. The second-order valence-electron chi connectivity index (χ2n) is 3.25. The van der Waals surface area contributed by atoms with Crippen LogP contribution in [0.5, 0.6) is 0 Å². The molecule has 0 bridgehead atoms. The highest BCUT2D eigenvalue weighted by Crippen LogP contribution is 2.20. The summed E-state index contributed by atoms with van der Waals surface area (Å²) in [5.41, 5.74) is 3.28. The molecule has 15 heavy (non-hydrogen) atoms. The summed E-state index contributed by atoms with van der Waals surface area (Å²) >= 11 is 1.61. The Morgan fingerprint density at radius 3 is 2.93 bits per heavy atom. The first-order chi connectivity index (χ1) is 7.24. The first-order valence-electron chi connectivity index (χ1n) is 4.56. The van der Waals surface area contributed by atoms with Crippen LogP contribution in [0.25, 0.3) is 5.13 Å². The van der Waals surface area contributed by atoms with Crippen LogP contribution in [0.4, 0.5) is 0 Å². The molecule has 0 fully saturated rings. The van der Waals surface area contributed by atoms with Gasteiger partial charge in [0, 0.05) is 28.5 Å². The summed E-state index contributed by atoms with van der Waals surface area (Å²) in [5.74, 6) is 5.15. The van der Waals surface area contributed by atoms with Gasteiger partial charge in [-0.1, -0.05) is 0 Å². The van der Waals surface area contributed by atoms with Crippen molar-refractivity contribution in [1.82, 2.24) is 9.55 Å². The predicted molar refractivity (Wildman–Crippen MR) is 62.7 cm³/mol. The van der Waals surface area contributed by atoms with Crippen LogP contribution in [0.1, 0.15) is 17.0 Å². The van der Waals surface area contributed by atoms with E-state index in [2.05, 4.69) is 14.7 Å². The van der Waals surface area contributed by atoms with Gasteiger partial charge >= 0.3 is 0 Å². The van der Waals surface area contributed by atoms with Gasteiger partial charge in [-0.15, -0.1) is 11.3 Å². The molecule has 4 nitrogen and oxygen atoms in total. The van der Waals surface area contributed by atoms with Crippen molar-refractivity contribution in [3.8, 4) is 5.13 Å². The monoisotopic (exact) mass is 220 g/mol. The molecule has 2 heterocycles. The third-order valence-electron chi connectivity index (χ3n) is 2.29. The van der Waals surface area contributed by atoms with E-state index in [0.29, 0.717) is 0 Å². The molecule has 2 aromatic heterocycles. The fourth-order valence-corrected chi connectivity index (χ4v) is 2.37. The highest BCUT2D eigenvalue weighted by molar-refractivity contribution is 7.12. The number of aryl methyl sites for hydroxylation is 1. The van der Waals surface area contributed by atoms with Gasteiger partial charge in [-0.3, -0.25) is 4.57 Å². The Bertz CT molecular complexity index is 482. The van der Waals surface area contributed by atoms with Crippen LogP contribution in [-0.4, -0.2) is 15.8 Å². The lowest BCUT2D eigenvalue weighted by Crippen LogP contribution is -1.98. The number of hydrogen-bond acceptors (Lipinski definition) is 4. The number of hydrogen-bond donors (Lipinski definition) is 1. The summed E-state index contributed by atoms with van der Waals surface area (Å²) in [7, 11) is 0. The molecule has 2 N–H and O–H groups in total. The normalized spacial score (nSPS) is 11.3. The summed E-state index contributed by atoms with van der Waals surface area (Å²) < 4.78 is 2.10. The van der Waals surface area contributed by atoms with E-state index in [9.17, 15) is 0 Å². The van der Waals surface area contributed by atoms with Gasteiger partial charge in [0.1, 0.15) is 0 Å². The second kappa shape index (κ2) is 3.86. The summed E-state index contributed by atoms with van der Waals surface area (Å²) in [5, 5.41) is 6.48. The first kappa shape index (κ1) is 9.92. The van der Waals surface area contributed by atoms with E-state index in [0.717, 1.165) is 22.1 Å². The molecule has 0 spiro atoms. The molecule has 0 unspecified atom stereocenters. The van der Waals surface area contributed by atoms with Crippen molar-refractivity contribution in [2.75, 3.05) is 0 Å². The van der Waals surface area contributed by atoms with Crippen LogP contribution in [0.15, 0.2) is 22.7 Å². The molecule has 78 valence electrons. The molecule has 0 aliphatic rings. The number of nitrogens with zero attached hydrogens (tertiary/aromatic N) is 3. The van der Waals surface area contributed by atoms with Crippen LogP contribution >= 0.6 is 11.3 Å². The number of aromatic nitrogens is 2. The maximum atomic E-state index is 5.15. The lowest BCUT2D eigenvalue weighted by molar-refractivity contribution is 0.949. The van der Waals surface area contributed by atoms with Gasteiger partial charge in [0.05, 0.1) is 6.21 Å². The minimum absolute atomic E-state index is 0.974. The van der Waals surface area contributed by atoms with Crippen molar-refractivity contribution in [2.45, 2.75) is 13.8 Å². The van der Waals surface area contributed by atoms with Crippen molar-refractivity contribution in [3.05, 3.63) is 34.6 Å². The van der Waals surface area contributed by atoms with E-state index in [1.165, 1.54) is 0 Å². The van der Waals surface area contributed by atoms with Gasteiger partial charge in [0.25, 0.3) is 0 Å². The molecule has 2 aromatic rings. The molecular weight excluding hydrogens is 208 g/mol. The zero-order chi connectivity index (χ0) is 10.8. The lowest BCUT2D eigenvalue weighted by Gasteiger charge is -2.03. The molecule has 0 atom stereocenters. The zero-order valence-corrected chi connectivity index (χ0v) is 9.45. The van der Waals surface area contributed by atoms with E-state index < -0.39 is 0 Å². The Kier molecular flexibility index (Phi) is 2.55. The van der Waals surface area contributed by atoms with Gasteiger partial charge in [0.15, 0.2) is 5.13 Å². The van der Waals surface area contributed by atoms with Gasteiger partial charge in [-0.05, 0) is 19.9 Å². The summed E-state index contributed by atoms with van der Waals surface area (Å²) in [6.45, 7) is 4.08. The molecule has 0 aliphatic heterocycles. The maximum absolute atomic E-state index is 5.15. The standard InChI is InChI=1S/C10H12N4S/c1-7-5-9(6-13-11)8(2)14(7)10-12-3-4-15-10/h3-6H,11H2,1-2H3/b13-6-. The molecule has 0 aromatic carbocycles. The van der Waals surface area contributed by atoms with Gasteiger partial charge in [-0.25, -0.2) is 4.98 Å². The third-order valence-corrected chi connectivity index (χ3v) is 3.05. The topological polar surface area (TPSA) is 56.2 Å². The zero-order valence-electron chi connectivity index (χ0n) is 8.64. The molecular formula is C10H12N4S. The van der Waals surface area contributed by atoms with Gasteiger partial charge < -0.3 is 5.84 Å². The minimum Gasteiger partial charge on any atom is -0.323 e. The Morgan fingerprint density at radius 1 is 1.53 bits per heavy atom. The van der Waals surface area contributed by atoms with Gasteiger partial charge in [-0.2, -0.15) is 5.10 Å². The van der Waals surface area contributed by atoms with Crippen molar-refractivity contribution in [3.63, 3.8) is 0 Å². The Labute approximate surface area is 92.1 Å². The maximum Gasteiger partial charge on any atom is 0.193 e.